The zero-order valence-corrected chi connectivity index (χ0v) is 10.0. The predicted octanol–water partition coefficient (Wildman–Crippen LogP) is 1.05. The summed E-state index contributed by atoms with van der Waals surface area (Å²) >= 11 is 1.27. The second-order valence-corrected chi connectivity index (χ2v) is 4.15. The highest BCUT2D eigenvalue weighted by Crippen LogP contribution is 2.23. The molecule has 0 unspecified atom stereocenters. The minimum Gasteiger partial charge on any atom is -0.420 e. The molecule has 0 radical (unpaired) electrons. The average Bonchev–Trinajstić information content (AvgIpc) is 2.87. The summed E-state index contributed by atoms with van der Waals surface area (Å²) in [6, 6.07) is 0. The van der Waals surface area contributed by atoms with Gasteiger partial charge < -0.3 is 9.73 Å². The maximum Gasteiger partial charge on any atom is 0.261 e. The molecular formula is C9H13N5OS. The average molecular weight is 239 g/mol. The van der Waals surface area contributed by atoms with Crippen LogP contribution >= 0.6 is 11.5 Å². The van der Waals surface area contributed by atoms with Gasteiger partial charge in [0.1, 0.15) is 4.88 Å². The summed E-state index contributed by atoms with van der Waals surface area (Å²) in [5.74, 6) is 1.19. The molecule has 0 aliphatic rings. The van der Waals surface area contributed by atoms with Gasteiger partial charge in [-0.05, 0) is 38.5 Å². The maximum absolute atomic E-state index is 5.54. The third kappa shape index (κ3) is 2.42. The molecule has 7 heteroatoms. The van der Waals surface area contributed by atoms with E-state index in [4.69, 9.17) is 4.42 Å². The normalized spacial score (nSPS) is 10.9. The Morgan fingerprint density at radius 3 is 2.88 bits per heavy atom. The van der Waals surface area contributed by atoms with E-state index in [1.165, 1.54) is 11.5 Å². The van der Waals surface area contributed by atoms with Gasteiger partial charge in [-0.1, -0.05) is 4.49 Å². The first-order chi connectivity index (χ1) is 7.81. The fraction of sp³-hybridized carbons (Fsp3) is 0.556. The molecule has 0 spiro atoms. The second kappa shape index (κ2) is 5.13. The Hall–Kier alpha value is -1.34. The topological polar surface area (TPSA) is 76.7 Å². The number of nitrogens with zero attached hydrogens (tertiary/aromatic N) is 4. The van der Waals surface area contributed by atoms with Crippen LogP contribution in [-0.4, -0.2) is 33.4 Å². The van der Waals surface area contributed by atoms with Crippen LogP contribution in [0.4, 0.5) is 0 Å². The van der Waals surface area contributed by atoms with Crippen molar-refractivity contribution in [2.24, 2.45) is 0 Å². The van der Waals surface area contributed by atoms with Crippen molar-refractivity contribution in [1.82, 2.24) is 25.1 Å². The summed E-state index contributed by atoms with van der Waals surface area (Å²) in [4.78, 5) is 0.854. The van der Waals surface area contributed by atoms with Crippen molar-refractivity contribution in [3.63, 3.8) is 0 Å². The number of rotatable bonds is 5. The van der Waals surface area contributed by atoms with Gasteiger partial charge in [0.25, 0.3) is 5.89 Å². The maximum atomic E-state index is 5.54. The molecule has 0 bridgehead atoms. The van der Waals surface area contributed by atoms with E-state index >= 15 is 0 Å². The quantitative estimate of drug-likeness (QED) is 0.786. The number of aromatic nitrogens is 4. The van der Waals surface area contributed by atoms with Crippen LogP contribution in [0.15, 0.2) is 4.42 Å². The molecule has 0 amide bonds. The van der Waals surface area contributed by atoms with Crippen LogP contribution in [0, 0.1) is 6.92 Å². The molecule has 86 valence electrons. The van der Waals surface area contributed by atoms with Gasteiger partial charge in [0.15, 0.2) is 0 Å². The van der Waals surface area contributed by atoms with Crippen molar-refractivity contribution in [3.05, 3.63) is 11.6 Å². The van der Waals surface area contributed by atoms with Gasteiger partial charge >= 0.3 is 0 Å². The van der Waals surface area contributed by atoms with Crippen molar-refractivity contribution >= 4 is 11.5 Å². The van der Waals surface area contributed by atoms with Crippen LogP contribution in [0.25, 0.3) is 10.8 Å². The molecule has 2 aromatic rings. The molecule has 0 aromatic carbocycles. The molecule has 0 aliphatic heterocycles. The Balaban J connectivity index is 2.05. The molecule has 0 atom stereocenters. The predicted molar refractivity (Wildman–Crippen MR) is 60.2 cm³/mol. The molecule has 0 saturated heterocycles. The molecule has 0 saturated carbocycles. The Morgan fingerprint density at radius 1 is 1.31 bits per heavy atom. The molecule has 1 N–H and O–H groups in total. The first-order valence-electron chi connectivity index (χ1n) is 5.07. The monoisotopic (exact) mass is 239 g/mol. The summed E-state index contributed by atoms with van der Waals surface area (Å²) in [5, 5.41) is 15.0. The number of hydrogen-bond acceptors (Lipinski definition) is 7. The smallest absolute Gasteiger partial charge is 0.261 e. The summed E-state index contributed by atoms with van der Waals surface area (Å²) in [6.07, 6.45) is 1.77. The third-order valence-corrected chi connectivity index (χ3v) is 2.95. The van der Waals surface area contributed by atoms with Gasteiger partial charge in [-0.2, -0.15) is 0 Å². The molecule has 2 rings (SSSR count). The van der Waals surface area contributed by atoms with Crippen LogP contribution in [0.1, 0.15) is 18.0 Å². The SMILES string of the molecule is CNCCCc1nnc(-c2snnc2C)o1. The Kier molecular flexibility index (Phi) is 3.58. The molecule has 0 fully saturated rings. The van der Waals surface area contributed by atoms with Crippen molar-refractivity contribution < 1.29 is 4.42 Å². The third-order valence-electron chi connectivity index (χ3n) is 2.13. The number of nitrogens with one attached hydrogen (secondary N) is 1. The number of aryl methyl sites for hydroxylation is 2. The second-order valence-electron chi connectivity index (χ2n) is 3.40. The van der Waals surface area contributed by atoms with Crippen LogP contribution in [0.3, 0.4) is 0 Å². The van der Waals surface area contributed by atoms with Crippen molar-refractivity contribution in [1.29, 1.82) is 0 Å². The summed E-state index contributed by atoms with van der Waals surface area (Å²) in [5.41, 5.74) is 0.829. The molecule has 16 heavy (non-hydrogen) atoms. The largest absolute Gasteiger partial charge is 0.420 e. The van der Waals surface area contributed by atoms with Gasteiger partial charge in [0.2, 0.25) is 5.89 Å². The Labute approximate surface area is 97.3 Å². The molecule has 2 heterocycles. The summed E-state index contributed by atoms with van der Waals surface area (Å²) in [6.45, 7) is 2.82. The van der Waals surface area contributed by atoms with Crippen LogP contribution < -0.4 is 5.32 Å². The van der Waals surface area contributed by atoms with Crippen molar-refractivity contribution in [2.75, 3.05) is 13.6 Å². The van der Waals surface area contributed by atoms with E-state index in [-0.39, 0.29) is 0 Å². The van der Waals surface area contributed by atoms with Gasteiger partial charge in [0.05, 0.1) is 5.69 Å². The standard InChI is InChI=1S/C9H13N5OS/c1-6-8(16-14-11-6)9-13-12-7(15-9)4-3-5-10-2/h10H,3-5H2,1-2H3. The molecule has 0 aliphatic carbocycles. The molecular weight excluding hydrogens is 226 g/mol. The fourth-order valence-electron chi connectivity index (χ4n) is 1.29. The van der Waals surface area contributed by atoms with Crippen LogP contribution in [0.2, 0.25) is 0 Å². The van der Waals surface area contributed by atoms with E-state index in [1.807, 2.05) is 14.0 Å². The van der Waals surface area contributed by atoms with Gasteiger partial charge in [0, 0.05) is 6.42 Å². The van der Waals surface area contributed by atoms with Crippen LogP contribution in [0.5, 0.6) is 0 Å². The zero-order valence-electron chi connectivity index (χ0n) is 9.23. The minimum absolute atomic E-state index is 0.520. The van der Waals surface area contributed by atoms with Gasteiger partial charge in [-0.25, -0.2) is 0 Å². The highest BCUT2D eigenvalue weighted by Gasteiger charge is 2.13. The summed E-state index contributed by atoms with van der Waals surface area (Å²) < 4.78 is 9.37. The minimum atomic E-state index is 0.520. The lowest BCUT2D eigenvalue weighted by Crippen LogP contribution is -2.08. The lowest BCUT2D eigenvalue weighted by atomic mass is 10.3. The van der Waals surface area contributed by atoms with Gasteiger partial charge in [-0.15, -0.1) is 15.3 Å². The van der Waals surface area contributed by atoms with E-state index in [1.54, 1.807) is 0 Å². The van der Waals surface area contributed by atoms with E-state index in [0.29, 0.717) is 11.8 Å². The summed E-state index contributed by atoms with van der Waals surface area (Å²) in [7, 11) is 1.92. The lowest BCUT2D eigenvalue weighted by molar-refractivity contribution is 0.495. The first-order valence-corrected chi connectivity index (χ1v) is 5.85. The molecule has 6 nitrogen and oxygen atoms in total. The van der Waals surface area contributed by atoms with Gasteiger partial charge in [-0.3, -0.25) is 0 Å². The van der Waals surface area contributed by atoms with E-state index in [9.17, 15) is 0 Å². The van der Waals surface area contributed by atoms with E-state index in [0.717, 1.165) is 30.0 Å². The first kappa shape index (κ1) is 11.2. The highest BCUT2D eigenvalue weighted by molar-refractivity contribution is 7.09. The number of hydrogen-bond donors (Lipinski definition) is 1. The van der Waals surface area contributed by atoms with Crippen molar-refractivity contribution in [3.8, 4) is 10.8 Å². The van der Waals surface area contributed by atoms with E-state index in [2.05, 4.69) is 25.1 Å². The van der Waals surface area contributed by atoms with E-state index < -0.39 is 0 Å². The van der Waals surface area contributed by atoms with Crippen molar-refractivity contribution in [2.45, 2.75) is 19.8 Å². The Morgan fingerprint density at radius 2 is 2.19 bits per heavy atom. The lowest BCUT2D eigenvalue weighted by Gasteiger charge is -1.94. The van der Waals surface area contributed by atoms with Crippen LogP contribution in [-0.2, 0) is 6.42 Å². The molecule has 2 aromatic heterocycles. The zero-order chi connectivity index (χ0) is 11.4. The fourth-order valence-corrected chi connectivity index (χ4v) is 1.87. The highest BCUT2D eigenvalue weighted by atomic mass is 32.1. The Bertz CT molecular complexity index is 452.